The minimum atomic E-state index is -0.316. The molecule has 0 radical (unpaired) electrons. The molecule has 0 aromatic heterocycles. The third kappa shape index (κ3) is 6.16. The van der Waals surface area contributed by atoms with E-state index >= 15 is 0 Å². The summed E-state index contributed by atoms with van der Waals surface area (Å²) < 4.78 is 2.54. The number of aliphatic imine (C=N–C) groups is 1. The summed E-state index contributed by atoms with van der Waals surface area (Å²) in [5.41, 5.74) is 16.7. The van der Waals surface area contributed by atoms with E-state index in [1.165, 1.54) is 5.56 Å². The van der Waals surface area contributed by atoms with Crippen LogP contribution < -0.4 is 11.5 Å². The number of nitrogens with two attached hydrogens (primary N) is 2. The predicted molar refractivity (Wildman–Crippen MR) is 139 cm³/mol. The van der Waals surface area contributed by atoms with Crippen LogP contribution in [0.1, 0.15) is 51.5 Å². The van der Waals surface area contributed by atoms with Gasteiger partial charge in [0.05, 0.1) is 5.03 Å². The Balaban J connectivity index is 1.83. The van der Waals surface area contributed by atoms with Crippen molar-refractivity contribution in [2.45, 2.75) is 64.6 Å². The highest BCUT2D eigenvalue weighted by atomic mass is 32.2. The summed E-state index contributed by atoms with van der Waals surface area (Å²) >= 11 is 0. The van der Waals surface area contributed by atoms with Crippen LogP contribution in [0.2, 0.25) is 0 Å². The first-order valence-electron chi connectivity index (χ1n) is 11.2. The number of para-hydroxylation sites is 1. The first kappa shape index (κ1) is 23.5. The zero-order valence-corrected chi connectivity index (χ0v) is 19.7. The number of nitrogen functional groups attached to an aromatic ring is 1. The van der Waals surface area contributed by atoms with Gasteiger partial charge in [-0.25, -0.2) is 4.31 Å². The van der Waals surface area contributed by atoms with Crippen molar-refractivity contribution in [3.63, 3.8) is 0 Å². The smallest absolute Gasteiger partial charge is 0.0990 e. The third-order valence-corrected chi connectivity index (χ3v) is 7.70. The molecule has 0 spiro atoms. The number of allylic oxidation sites excluding steroid dienone is 1. The fourth-order valence-corrected chi connectivity index (χ4v) is 5.66. The Morgan fingerprint density at radius 3 is 2.42 bits per heavy atom. The SMILES string of the molecule is C=S(C(=C/C)/N=C\CC)N(Cc1ccc(-c2ccccc2N)cc1)C1CCC(N)CC1. The molecule has 1 atom stereocenters. The van der Waals surface area contributed by atoms with Crippen LogP contribution in [0.4, 0.5) is 5.69 Å². The second kappa shape index (κ2) is 11.4. The lowest BCUT2D eigenvalue weighted by molar-refractivity contribution is 0.252. The van der Waals surface area contributed by atoms with Gasteiger partial charge in [-0.05, 0) is 56.2 Å². The van der Waals surface area contributed by atoms with Gasteiger partial charge < -0.3 is 11.5 Å². The van der Waals surface area contributed by atoms with Crippen LogP contribution in [0.5, 0.6) is 0 Å². The molecule has 0 bridgehead atoms. The Labute approximate surface area is 190 Å². The molecule has 4 nitrogen and oxygen atoms in total. The minimum absolute atomic E-state index is 0.316. The predicted octanol–water partition coefficient (Wildman–Crippen LogP) is 5.97. The topological polar surface area (TPSA) is 67.6 Å². The van der Waals surface area contributed by atoms with Crippen LogP contribution in [-0.2, 0) is 6.54 Å². The van der Waals surface area contributed by atoms with Gasteiger partial charge in [0.25, 0.3) is 0 Å². The quantitative estimate of drug-likeness (QED) is 0.304. The van der Waals surface area contributed by atoms with Crippen molar-refractivity contribution in [3.05, 3.63) is 65.2 Å². The number of nitrogens with zero attached hydrogens (tertiary/aromatic N) is 2. The molecule has 1 aliphatic carbocycles. The van der Waals surface area contributed by atoms with Gasteiger partial charge in [-0.1, -0.05) is 72.0 Å². The lowest BCUT2D eigenvalue weighted by atomic mass is 9.91. The maximum atomic E-state index is 6.18. The van der Waals surface area contributed by atoms with E-state index in [1.807, 2.05) is 24.4 Å². The van der Waals surface area contributed by atoms with E-state index in [1.54, 1.807) is 0 Å². The summed E-state index contributed by atoms with van der Waals surface area (Å²) in [6.07, 6.45) is 9.40. The van der Waals surface area contributed by atoms with Gasteiger partial charge in [0.2, 0.25) is 0 Å². The van der Waals surface area contributed by atoms with Crippen molar-refractivity contribution in [3.8, 4) is 11.1 Å². The van der Waals surface area contributed by atoms with Crippen molar-refractivity contribution >= 4 is 28.4 Å². The monoisotopic (exact) mass is 436 g/mol. The Bertz CT molecular complexity index is 925. The Morgan fingerprint density at radius 2 is 1.81 bits per heavy atom. The molecule has 1 aliphatic rings. The fourth-order valence-electron chi connectivity index (χ4n) is 4.08. The second-order valence-electron chi connectivity index (χ2n) is 8.14. The van der Waals surface area contributed by atoms with Crippen LogP contribution in [0.25, 0.3) is 11.1 Å². The number of hydrogen-bond donors (Lipinski definition) is 2. The number of anilines is 1. The first-order valence-corrected chi connectivity index (χ1v) is 12.6. The van der Waals surface area contributed by atoms with Crippen molar-refractivity contribution in [1.82, 2.24) is 4.31 Å². The highest BCUT2D eigenvalue weighted by Gasteiger charge is 2.26. The van der Waals surface area contributed by atoms with Crippen molar-refractivity contribution < 1.29 is 0 Å². The average molecular weight is 437 g/mol. The maximum absolute atomic E-state index is 6.18. The lowest BCUT2D eigenvalue weighted by Crippen LogP contribution is -2.38. The highest BCUT2D eigenvalue weighted by Crippen LogP contribution is 2.37. The molecule has 0 aliphatic heterocycles. The molecule has 3 rings (SSSR count). The molecule has 2 aromatic carbocycles. The normalized spacial score (nSPS) is 21.0. The molecule has 0 heterocycles. The zero-order valence-electron chi connectivity index (χ0n) is 18.8. The van der Waals surface area contributed by atoms with E-state index in [0.717, 1.165) is 60.5 Å². The molecule has 0 saturated heterocycles. The first-order chi connectivity index (χ1) is 15.0. The van der Waals surface area contributed by atoms with Gasteiger partial charge in [-0.3, -0.25) is 4.99 Å². The molecule has 31 heavy (non-hydrogen) atoms. The molecule has 0 amide bonds. The minimum Gasteiger partial charge on any atom is -0.398 e. The molecule has 1 unspecified atom stereocenters. The molecule has 1 saturated carbocycles. The van der Waals surface area contributed by atoms with E-state index in [9.17, 15) is 0 Å². The Kier molecular flexibility index (Phi) is 8.64. The molecular formula is C26H36N4S. The van der Waals surface area contributed by atoms with E-state index < -0.39 is 0 Å². The molecular weight excluding hydrogens is 400 g/mol. The Morgan fingerprint density at radius 1 is 1.13 bits per heavy atom. The van der Waals surface area contributed by atoms with Crippen molar-refractivity contribution in [2.75, 3.05) is 5.73 Å². The average Bonchev–Trinajstić information content (AvgIpc) is 2.79. The molecule has 4 N–H and O–H groups in total. The van der Waals surface area contributed by atoms with E-state index in [-0.39, 0.29) is 10.7 Å². The van der Waals surface area contributed by atoms with Gasteiger partial charge in [0, 0.05) is 36.1 Å². The number of rotatable bonds is 8. The van der Waals surface area contributed by atoms with Gasteiger partial charge in [0.15, 0.2) is 0 Å². The summed E-state index contributed by atoms with van der Waals surface area (Å²) in [7, 11) is -0.316. The molecule has 1 fully saturated rings. The third-order valence-electron chi connectivity index (χ3n) is 5.89. The second-order valence-corrected chi connectivity index (χ2v) is 9.76. The van der Waals surface area contributed by atoms with Gasteiger partial charge in [0.1, 0.15) is 0 Å². The summed E-state index contributed by atoms with van der Waals surface area (Å²) in [6.45, 7) is 5.02. The summed E-state index contributed by atoms with van der Waals surface area (Å²) in [6, 6.07) is 17.6. The fraction of sp³-hybridized carbons (Fsp3) is 0.385. The number of hydrogen-bond acceptors (Lipinski definition) is 4. The maximum Gasteiger partial charge on any atom is 0.0990 e. The van der Waals surface area contributed by atoms with Crippen molar-refractivity contribution in [1.29, 1.82) is 0 Å². The van der Waals surface area contributed by atoms with Crippen molar-refractivity contribution in [2.24, 2.45) is 10.7 Å². The number of benzene rings is 2. The molecule has 166 valence electrons. The van der Waals surface area contributed by atoms with Crippen LogP contribution in [0.15, 0.2) is 64.6 Å². The van der Waals surface area contributed by atoms with E-state index in [0.29, 0.717) is 12.1 Å². The summed E-state index contributed by atoms with van der Waals surface area (Å²) in [5, 5.41) is 1.06. The van der Waals surface area contributed by atoms with Gasteiger partial charge >= 0.3 is 0 Å². The van der Waals surface area contributed by atoms with Crippen LogP contribution in [0.3, 0.4) is 0 Å². The van der Waals surface area contributed by atoms with E-state index in [4.69, 9.17) is 16.5 Å². The Hall–Kier alpha value is -2.21. The standard InChI is InChI=1S/C26H36N4S/c1-4-18-29-26(5-2)31(3)30(23-16-14-22(27)15-17-23)19-20-10-12-21(13-11-20)24-8-6-7-9-25(24)28/h5-13,18,22-23H,3-4,14-17,19,27-28H2,1-2H3/b26-5+,29-18-. The molecule has 5 heteroatoms. The van der Waals surface area contributed by atoms with E-state index in [2.05, 4.69) is 60.4 Å². The van der Waals surface area contributed by atoms with Crippen LogP contribution in [-0.4, -0.2) is 28.5 Å². The summed E-state index contributed by atoms with van der Waals surface area (Å²) in [4.78, 5) is 4.70. The largest absolute Gasteiger partial charge is 0.398 e. The van der Waals surface area contributed by atoms with Gasteiger partial charge in [-0.15, -0.1) is 0 Å². The summed E-state index contributed by atoms with van der Waals surface area (Å²) in [5.74, 6) is 4.55. The lowest BCUT2D eigenvalue weighted by Gasteiger charge is -2.37. The zero-order chi connectivity index (χ0) is 22.2. The highest BCUT2D eigenvalue weighted by molar-refractivity contribution is 8.15. The van der Waals surface area contributed by atoms with Crippen LogP contribution in [0, 0.1) is 0 Å². The van der Waals surface area contributed by atoms with Crippen LogP contribution >= 0.6 is 10.7 Å². The molecule has 2 aromatic rings. The van der Waals surface area contributed by atoms with Gasteiger partial charge in [-0.2, -0.15) is 0 Å².